The van der Waals surface area contributed by atoms with Crippen LogP contribution in [0.5, 0.6) is 0 Å². The first kappa shape index (κ1) is 12.9. The summed E-state index contributed by atoms with van der Waals surface area (Å²) in [5, 5.41) is 11.7. The number of nitrogens with zero attached hydrogens (tertiary/aromatic N) is 5. The van der Waals surface area contributed by atoms with E-state index in [0.29, 0.717) is 30.9 Å². The van der Waals surface area contributed by atoms with Gasteiger partial charge in [-0.15, -0.1) is 11.3 Å². The molecule has 0 saturated carbocycles. The van der Waals surface area contributed by atoms with Crippen LogP contribution in [0, 0.1) is 0 Å². The number of ether oxygens (including phenoxy) is 1. The Bertz CT molecular complexity index is 920. The first-order valence-corrected chi connectivity index (χ1v) is 7.72. The van der Waals surface area contributed by atoms with Crippen molar-refractivity contribution in [1.29, 1.82) is 0 Å². The fourth-order valence-corrected chi connectivity index (χ4v) is 4.03. The van der Waals surface area contributed by atoms with Crippen molar-refractivity contribution >= 4 is 27.5 Å². The predicted octanol–water partition coefficient (Wildman–Crippen LogP) is 1.37. The van der Waals surface area contributed by atoms with E-state index in [-0.39, 0.29) is 11.0 Å². The van der Waals surface area contributed by atoms with E-state index in [0.717, 1.165) is 15.3 Å². The molecule has 0 N–H and O–H groups in total. The number of aromatic nitrogens is 5. The van der Waals surface area contributed by atoms with Crippen molar-refractivity contribution < 1.29 is 4.74 Å². The molecule has 21 heavy (non-hydrogen) atoms. The lowest BCUT2D eigenvalue weighted by atomic mass is 9.95. The molecule has 0 atom stereocenters. The minimum Gasteiger partial charge on any atom is -0.370 e. The average Bonchev–Trinajstić information content (AvgIpc) is 3.00. The van der Waals surface area contributed by atoms with E-state index in [9.17, 15) is 4.79 Å². The number of imidazole rings is 1. The predicted molar refractivity (Wildman–Crippen MR) is 78.7 cm³/mol. The molecule has 1 aliphatic heterocycles. The van der Waals surface area contributed by atoms with Crippen LogP contribution < -0.4 is 5.43 Å². The number of hydrogen-bond donors (Lipinski definition) is 0. The van der Waals surface area contributed by atoms with Gasteiger partial charge in [-0.3, -0.25) is 4.79 Å². The first-order valence-electron chi connectivity index (χ1n) is 6.91. The highest BCUT2D eigenvalue weighted by molar-refractivity contribution is 7.18. The third-order valence-corrected chi connectivity index (χ3v) is 5.09. The lowest BCUT2D eigenvalue weighted by Gasteiger charge is -2.30. The maximum Gasteiger partial charge on any atom is 0.255 e. The lowest BCUT2D eigenvalue weighted by Crippen LogP contribution is -2.35. The van der Waals surface area contributed by atoms with Gasteiger partial charge in [0.25, 0.3) is 5.78 Å². The second-order valence-electron chi connectivity index (χ2n) is 5.85. The van der Waals surface area contributed by atoms with E-state index in [1.54, 1.807) is 15.9 Å². The SMILES string of the molecule is CCn1c2c(=O)c3c(sc2n2nnnc12)COC(C)(C)C3. The molecule has 8 heteroatoms. The number of aryl methyl sites for hydroxylation is 1. The summed E-state index contributed by atoms with van der Waals surface area (Å²) in [5.74, 6) is 0.614. The zero-order valence-corrected chi connectivity index (χ0v) is 12.9. The average molecular weight is 305 g/mol. The summed E-state index contributed by atoms with van der Waals surface area (Å²) in [4.78, 5) is 14.7. The van der Waals surface area contributed by atoms with Crippen molar-refractivity contribution in [1.82, 2.24) is 24.6 Å². The zero-order chi connectivity index (χ0) is 14.8. The van der Waals surface area contributed by atoms with Crippen molar-refractivity contribution in [3.63, 3.8) is 0 Å². The molecule has 0 spiro atoms. The molecule has 4 heterocycles. The summed E-state index contributed by atoms with van der Waals surface area (Å²) in [6.07, 6.45) is 0.635. The molecule has 0 amide bonds. The maximum absolute atomic E-state index is 12.9. The Kier molecular flexibility index (Phi) is 2.52. The molecule has 7 nitrogen and oxygen atoms in total. The normalized spacial score (nSPS) is 17.5. The quantitative estimate of drug-likeness (QED) is 0.679. The second-order valence-corrected chi connectivity index (χ2v) is 6.93. The Morgan fingerprint density at radius 2 is 2.24 bits per heavy atom. The molecule has 0 radical (unpaired) electrons. The highest BCUT2D eigenvalue weighted by atomic mass is 32.1. The van der Waals surface area contributed by atoms with Gasteiger partial charge in [0.15, 0.2) is 4.83 Å². The Morgan fingerprint density at radius 1 is 1.43 bits per heavy atom. The zero-order valence-electron chi connectivity index (χ0n) is 12.1. The molecule has 0 bridgehead atoms. The monoisotopic (exact) mass is 305 g/mol. The van der Waals surface area contributed by atoms with Crippen LogP contribution in [-0.2, 0) is 24.3 Å². The lowest BCUT2D eigenvalue weighted by molar-refractivity contribution is -0.0386. The van der Waals surface area contributed by atoms with E-state index in [1.165, 1.54) is 0 Å². The van der Waals surface area contributed by atoms with Crippen LogP contribution in [0.2, 0.25) is 0 Å². The molecule has 0 unspecified atom stereocenters. The minimum absolute atomic E-state index is 0.0734. The third-order valence-electron chi connectivity index (χ3n) is 3.92. The second kappa shape index (κ2) is 4.11. The van der Waals surface area contributed by atoms with Crippen LogP contribution in [0.1, 0.15) is 31.2 Å². The highest BCUT2D eigenvalue weighted by Crippen LogP contribution is 2.32. The Hall–Kier alpha value is -1.80. The standard InChI is InChI=1S/C13H15N5O2S/c1-4-17-9-10(19)7-5-13(2,3)20-6-8(7)21-11(9)18-12(17)14-15-16-18/h4-6H2,1-3H3. The molecule has 0 fully saturated rings. The molecule has 110 valence electrons. The van der Waals surface area contributed by atoms with Crippen LogP contribution in [0.15, 0.2) is 4.79 Å². The van der Waals surface area contributed by atoms with Crippen molar-refractivity contribution in [2.45, 2.75) is 45.9 Å². The molecule has 0 aliphatic carbocycles. The summed E-state index contributed by atoms with van der Waals surface area (Å²) in [6, 6.07) is 0. The molecule has 4 rings (SSSR count). The maximum atomic E-state index is 12.9. The van der Waals surface area contributed by atoms with Gasteiger partial charge in [0.05, 0.1) is 12.2 Å². The summed E-state index contributed by atoms with van der Waals surface area (Å²) < 4.78 is 9.36. The molecular weight excluding hydrogens is 290 g/mol. The van der Waals surface area contributed by atoms with Crippen molar-refractivity contribution in [3.8, 4) is 0 Å². The fraction of sp³-hybridized carbons (Fsp3) is 0.538. The minimum atomic E-state index is -0.295. The van der Waals surface area contributed by atoms with E-state index in [1.807, 2.05) is 25.3 Å². The van der Waals surface area contributed by atoms with Crippen LogP contribution in [0.25, 0.3) is 16.1 Å². The van der Waals surface area contributed by atoms with Gasteiger partial charge in [-0.05, 0) is 31.2 Å². The molecular formula is C13H15N5O2S. The van der Waals surface area contributed by atoms with E-state index >= 15 is 0 Å². The van der Waals surface area contributed by atoms with Crippen molar-refractivity contribution in [3.05, 3.63) is 20.7 Å². The van der Waals surface area contributed by atoms with Gasteiger partial charge >= 0.3 is 0 Å². The Balaban J connectivity index is 2.14. The Labute approximate surface area is 124 Å². The van der Waals surface area contributed by atoms with E-state index in [2.05, 4.69) is 15.5 Å². The van der Waals surface area contributed by atoms with Crippen LogP contribution in [-0.4, -0.2) is 30.2 Å². The Morgan fingerprint density at radius 3 is 3.00 bits per heavy atom. The van der Waals surface area contributed by atoms with Crippen LogP contribution >= 0.6 is 11.3 Å². The van der Waals surface area contributed by atoms with Gasteiger partial charge in [-0.2, -0.15) is 4.52 Å². The molecule has 1 aliphatic rings. The van der Waals surface area contributed by atoms with Gasteiger partial charge < -0.3 is 9.30 Å². The van der Waals surface area contributed by atoms with E-state index < -0.39 is 0 Å². The van der Waals surface area contributed by atoms with Gasteiger partial charge in [0.1, 0.15) is 5.52 Å². The van der Waals surface area contributed by atoms with Gasteiger partial charge in [-0.1, -0.05) is 5.10 Å². The highest BCUT2D eigenvalue weighted by Gasteiger charge is 2.31. The third kappa shape index (κ3) is 1.69. The summed E-state index contributed by atoms with van der Waals surface area (Å²) in [7, 11) is 0. The van der Waals surface area contributed by atoms with Crippen molar-refractivity contribution in [2.75, 3.05) is 0 Å². The van der Waals surface area contributed by atoms with Crippen LogP contribution in [0.3, 0.4) is 0 Å². The summed E-state index contributed by atoms with van der Waals surface area (Å²) >= 11 is 1.55. The topological polar surface area (TPSA) is 74.3 Å². The smallest absolute Gasteiger partial charge is 0.255 e. The molecule has 3 aromatic rings. The molecule has 0 aromatic carbocycles. The van der Waals surface area contributed by atoms with Gasteiger partial charge in [-0.25, -0.2) is 0 Å². The van der Waals surface area contributed by atoms with Crippen LogP contribution in [0.4, 0.5) is 0 Å². The molecule has 3 aromatic heterocycles. The van der Waals surface area contributed by atoms with Gasteiger partial charge in [0.2, 0.25) is 5.43 Å². The largest absolute Gasteiger partial charge is 0.370 e. The van der Waals surface area contributed by atoms with E-state index in [4.69, 9.17) is 4.74 Å². The van der Waals surface area contributed by atoms with Gasteiger partial charge in [0, 0.05) is 23.4 Å². The number of hydrogen-bond acceptors (Lipinski definition) is 6. The fourth-order valence-electron chi connectivity index (χ4n) is 2.89. The van der Waals surface area contributed by atoms with Crippen molar-refractivity contribution in [2.24, 2.45) is 0 Å². The first-order chi connectivity index (χ1) is 10.0. The number of tetrazole rings is 1. The summed E-state index contributed by atoms with van der Waals surface area (Å²) in [5.41, 5.74) is 1.32. The molecule has 0 saturated heterocycles. The summed E-state index contributed by atoms with van der Waals surface area (Å²) in [6.45, 7) is 7.15. The number of rotatable bonds is 1. The number of fused-ring (bicyclic) bond motifs is 4.